The second kappa shape index (κ2) is 6.68. The van der Waals surface area contributed by atoms with Crippen molar-refractivity contribution in [3.63, 3.8) is 0 Å². The first kappa shape index (κ1) is 17.2. The van der Waals surface area contributed by atoms with Gasteiger partial charge in [-0.2, -0.15) is 10.2 Å². The molecule has 1 aromatic heterocycles. The minimum atomic E-state index is -1.28. The van der Waals surface area contributed by atoms with Crippen molar-refractivity contribution in [2.24, 2.45) is 0 Å². The highest BCUT2D eigenvalue weighted by molar-refractivity contribution is 5.92. The molecule has 1 unspecified atom stereocenters. The van der Waals surface area contributed by atoms with E-state index >= 15 is 0 Å². The van der Waals surface area contributed by atoms with Gasteiger partial charge in [-0.05, 0) is 31.5 Å². The number of nitrogens with one attached hydrogen (secondary N) is 1. The normalized spacial score (nSPS) is 15.7. The van der Waals surface area contributed by atoms with Crippen LogP contribution < -0.4 is 5.32 Å². The van der Waals surface area contributed by atoms with Crippen LogP contribution in [0, 0.1) is 11.3 Å². The molecule has 1 aromatic carbocycles. The van der Waals surface area contributed by atoms with E-state index in [2.05, 4.69) is 15.4 Å². The Morgan fingerprint density at radius 2 is 2.08 bits per heavy atom. The number of benzene rings is 1. The maximum absolute atomic E-state index is 12.5. The zero-order valence-electron chi connectivity index (χ0n) is 14.1. The summed E-state index contributed by atoms with van der Waals surface area (Å²) in [6.45, 7) is 3.58. The zero-order chi connectivity index (χ0) is 18.8. The van der Waals surface area contributed by atoms with Crippen LogP contribution in [0.3, 0.4) is 0 Å². The maximum atomic E-state index is 12.5. The number of rotatable bonds is 4. The molecule has 2 heterocycles. The number of carbonyl (C=O) groups excluding carboxylic acids is 1. The van der Waals surface area contributed by atoms with E-state index in [9.17, 15) is 14.7 Å². The third kappa shape index (κ3) is 2.88. The Morgan fingerprint density at radius 3 is 2.65 bits per heavy atom. The molecule has 0 bridgehead atoms. The van der Waals surface area contributed by atoms with E-state index in [1.54, 1.807) is 38.1 Å². The number of aromatic nitrogens is 3. The predicted octanol–water partition coefficient (Wildman–Crippen LogP) is 1.70. The van der Waals surface area contributed by atoms with E-state index in [1.807, 2.05) is 6.07 Å². The van der Waals surface area contributed by atoms with Crippen LogP contribution in [-0.2, 0) is 9.53 Å². The van der Waals surface area contributed by atoms with Gasteiger partial charge in [0, 0.05) is 5.70 Å². The van der Waals surface area contributed by atoms with Crippen LogP contribution in [0.4, 0.5) is 5.95 Å². The summed E-state index contributed by atoms with van der Waals surface area (Å²) in [5.41, 5.74) is 1.91. The molecule has 1 atom stereocenters. The first-order valence-electron chi connectivity index (χ1n) is 7.81. The number of allylic oxidation sites excluding steroid dienone is 1. The third-order valence-electron chi connectivity index (χ3n) is 3.89. The molecule has 0 aliphatic carbocycles. The number of carboxylic acid groups (broad SMARTS) is 1. The van der Waals surface area contributed by atoms with Gasteiger partial charge in [0.05, 0.1) is 23.8 Å². The summed E-state index contributed by atoms with van der Waals surface area (Å²) in [6.07, 6.45) is 0. The molecule has 0 radical (unpaired) electrons. The van der Waals surface area contributed by atoms with E-state index in [0.717, 1.165) is 0 Å². The molecule has 26 heavy (non-hydrogen) atoms. The van der Waals surface area contributed by atoms with Gasteiger partial charge in [-0.15, -0.1) is 5.10 Å². The Kier molecular flexibility index (Phi) is 4.41. The van der Waals surface area contributed by atoms with E-state index < -0.39 is 18.0 Å². The Hall–Kier alpha value is -3.67. The van der Waals surface area contributed by atoms with Gasteiger partial charge in [0.1, 0.15) is 6.04 Å². The number of hydrogen-bond acceptors (Lipinski definition) is 7. The van der Waals surface area contributed by atoms with Gasteiger partial charge < -0.3 is 15.2 Å². The van der Waals surface area contributed by atoms with Crippen LogP contribution in [0.1, 0.15) is 41.6 Å². The van der Waals surface area contributed by atoms with Gasteiger partial charge >= 0.3 is 11.9 Å². The van der Waals surface area contributed by atoms with Crippen molar-refractivity contribution >= 4 is 17.9 Å². The zero-order valence-corrected chi connectivity index (χ0v) is 14.1. The highest BCUT2D eigenvalue weighted by Gasteiger charge is 2.35. The molecule has 2 N–H and O–H groups in total. The Morgan fingerprint density at radius 1 is 1.38 bits per heavy atom. The summed E-state index contributed by atoms with van der Waals surface area (Å²) < 4.78 is 6.49. The molecule has 0 saturated heterocycles. The van der Waals surface area contributed by atoms with Crippen LogP contribution >= 0.6 is 0 Å². The molecule has 1 aliphatic rings. The highest BCUT2D eigenvalue weighted by Crippen LogP contribution is 2.35. The van der Waals surface area contributed by atoms with Crippen LogP contribution in [0.25, 0.3) is 0 Å². The molecule has 132 valence electrons. The fourth-order valence-corrected chi connectivity index (χ4v) is 2.76. The summed E-state index contributed by atoms with van der Waals surface area (Å²) in [5, 5.41) is 25.1. The van der Waals surface area contributed by atoms with Gasteiger partial charge in [0.2, 0.25) is 5.95 Å². The molecule has 3 rings (SSSR count). The van der Waals surface area contributed by atoms with Crippen molar-refractivity contribution in [3.05, 3.63) is 52.5 Å². The molecule has 9 nitrogen and oxygen atoms in total. The number of nitriles is 1. The first-order valence-corrected chi connectivity index (χ1v) is 7.81. The highest BCUT2D eigenvalue weighted by atomic mass is 16.5. The lowest BCUT2D eigenvalue weighted by atomic mass is 9.95. The monoisotopic (exact) mass is 353 g/mol. The summed E-state index contributed by atoms with van der Waals surface area (Å²) in [6, 6.07) is 7.91. The minimum absolute atomic E-state index is 0.195. The number of fused-ring (bicyclic) bond motifs is 1. The van der Waals surface area contributed by atoms with Crippen LogP contribution in [0.5, 0.6) is 0 Å². The molecule has 2 aromatic rings. The number of carbonyl (C=O) groups is 2. The second-order valence-corrected chi connectivity index (χ2v) is 5.53. The summed E-state index contributed by atoms with van der Waals surface area (Å²) in [4.78, 5) is 27.7. The number of hydrogen-bond donors (Lipinski definition) is 2. The maximum Gasteiger partial charge on any atom is 0.375 e. The van der Waals surface area contributed by atoms with E-state index in [1.165, 1.54) is 4.68 Å². The SMILES string of the molecule is CCOC(=O)C1=C(C)Nc2nc(C(=O)O)nn2C1c1ccc(C#N)cc1. The molecule has 0 saturated carbocycles. The van der Waals surface area contributed by atoms with Gasteiger partial charge in [-0.3, -0.25) is 0 Å². The Balaban J connectivity index is 2.17. The second-order valence-electron chi connectivity index (χ2n) is 5.53. The Bertz CT molecular complexity index is 953. The standard InChI is InChI=1S/C17H15N5O4/c1-3-26-16(25)12-9(2)19-17-20-14(15(23)24)21-22(17)13(12)11-6-4-10(8-18)5-7-11/h4-7,13H,3H2,1-2H3,(H,23,24)(H,19,20,21). The average Bonchev–Trinajstić information content (AvgIpc) is 3.04. The number of anilines is 1. The lowest BCUT2D eigenvalue weighted by Crippen LogP contribution is -2.29. The van der Waals surface area contributed by atoms with E-state index in [0.29, 0.717) is 22.4 Å². The molecule has 1 aliphatic heterocycles. The lowest BCUT2D eigenvalue weighted by Gasteiger charge is -2.28. The van der Waals surface area contributed by atoms with Gasteiger partial charge in [0.15, 0.2) is 0 Å². The van der Waals surface area contributed by atoms with Crippen LogP contribution in [0.2, 0.25) is 0 Å². The Labute approximate surface area is 148 Å². The van der Waals surface area contributed by atoms with E-state index in [4.69, 9.17) is 10.00 Å². The van der Waals surface area contributed by atoms with Crippen LogP contribution in [-0.4, -0.2) is 38.4 Å². The minimum Gasteiger partial charge on any atom is -0.475 e. The topological polar surface area (TPSA) is 130 Å². The molecule has 0 fully saturated rings. The molecular weight excluding hydrogens is 338 g/mol. The fraction of sp³-hybridized carbons (Fsp3) is 0.235. The first-order chi connectivity index (χ1) is 12.5. The van der Waals surface area contributed by atoms with Gasteiger partial charge in [0.25, 0.3) is 5.82 Å². The molecule has 0 spiro atoms. The molecule has 0 amide bonds. The average molecular weight is 353 g/mol. The van der Waals surface area contributed by atoms with Crippen molar-refractivity contribution in [2.75, 3.05) is 11.9 Å². The van der Waals surface area contributed by atoms with Gasteiger partial charge in [-0.1, -0.05) is 12.1 Å². The summed E-state index contributed by atoms with van der Waals surface area (Å²) >= 11 is 0. The predicted molar refractivity (Wildman–Crippen MR) is 89.2 cm³/mol. The fourth-order valence-electron chi connectivity index (χ4n) is 2.76. The largest absolute Gasteiger partial charge is 0.475 e. The van der Waals surface area contributed by atoms with Gasteiger partial charge in [-0.25, -0.2) is 14.3 Å². The van der Waals surface area contributed by atoms with Crippen LogP contribution in [0.15, 0.2) is 35.5 Å². The number of esters is 1. The quantitative estimate of drug-likeness (QED) is 0.794. The van der Waals surface area contributed by atoms with Crippen molar-refractivity contribution in [2.45, 2.75) is 19.9 Å². The summed E-state index contributed by atoms with van der Waals surface area (Å²) in [7, 11) is 0. The smallest absolute Gasteiger partial charge is 0.375 e. The lowest BCUT2D eigenvalue weighted by molar-refractivity contribution is -0.139. The number of ether oxygens (including phenoxy) is 1. The number of aromatic carboxylic acids is 1. The number of carboxylic acids is 1. The third-order valence-corrected chi connectivity index (χ3v) is 3.89. The van der Waals surface area contributed by atoms with Crippen molar-refractivity contribution in [1.29, 1.82) is 5.26 Å². The summed E-state index contributed by atoms with van der Waals surface area (Å²) in [5.74, 6) is -1.99. The van der Waals surface area contributed by atoms with Crippen molar-refractivity contribution in [3.8, 4) is 6.07 Å². The molecular formula is C17H15N5O4. The van der Waals surface area contributed by atoms with Crippen molar-refractivity contribution < 1.29 is 19.4 Å². The van der Waals surface area contributed by atoms with E-state index in [-0.39, 0.29) is 18.4 Å². The van der Waals surface area contributed by atoms with Crippen molar-refractivity contribution in [1.82, 2.24) is 14.8 Å². The molecule has 9 heteroatoms. The number of nitrogens with zero attached hydrogens (tertiary/aromatic N) is 4.